The zero-order valence-corrected chi connectivity index (χ0v) is 20.8. The Kier molecular flexibility index (Phi) is 16.7. The van der Waals surface area contributed by atoms with Gasteiger partial charge in [-0.25, -0.2) is 0 Å². The molecular formula is C26H40N2S2. The molecule has 0 unspecified atom stereocenters. The van der Waals surface area contributed by atoms with E-state index in [1.54, 1.807) is 0 Å². The summed E-state index contributed by atoms with van der Waals surface area (Å²) in [5.41, 5.74) is 1.03. The van der Waals surface area contributed by atoms with Crippen molar-refractivity contribution in [1.82, 2.24) is 0 Å². The quantitative estimate of drug-likeness (QED) is 0.167. The summed E-state index contributed by atoms with van der Waals surface area (Å²) in [6.45, 7) is 4.51. The van der Waals surface area contributed by atoms with E-state index in [1.807, 2.05) is 35.7 Å². The van der Waals surface area contributed by atoms with Gasteiger partial charge in [-0.3, -0.25) is 0 Å². The summed E-state index contributed by atoms with van der Waals surface area (Å²) < 4.78 is 0. The molecule has 0 N–H and O–H groups in total. The lowest BCUT2D eigenvalue weighted by atomic mass is 10.1. The van der Waals surface area contributed by atoms with Crippen LogP contribution in [0.25, 0.3) is 0 Å². The highest BCUT2D eigenvalue weighted by atomic mass is 32.2. The van der Waals surface area contributed by atoms with E-state index < -0.39 is 0 Å². The van der Waals surface area contributed by atoms with Crippen molar-refractivity contribution in [1.29, 1.82) is 10.5 Å². The van der Waals surface area contributed by atoms with Crippen molar-refractivity contribution in [3.8, 4) is 12.1 Å². The van der Waals surface area contributed by atoms with Gasteiger partial charge in [-0.05, 0) is 36.5 Å². The second-order valence-electron chi connectivity index (χ2n) is 8.01. The molecule has 0 fully saturated rings. The molecule has 4 heteroatoms. The Morgan fingerprint density at radius 1 is 0.567 bits per heavy atom. The smallest absolute Gasteiger partial charge is 0.101 e. The summed E-state index contributed by atoms with van der Waals surface area (Å²) in [5.74, 6) is 2.19. The van der Waals surface area contributed by atoms with Crippen molar-refractivity contribution < 1.29 is 0 Å². The molecule has 1 aromatic carbocycles. The molecule has 0 bridgehead atoms. The van der Waals surface area contributed by atoms with Crippen LogP contribution in [-0.4, -0.2) is 11.5 Å². The van der Waals surface area contributed by atoms with Crippen LogP contribution in [0.4, 0.5) is 0 Å². The fourth-order valence-electron chi connectivity index (χ4n) is 3.45. The van der Waals surface area contributed by atoms with Crippen LogP contribution in [-0.2, 0) is 0 Å². The summed E-state index contributed by atoms with van der Waals surface area (Å²) in [6, 6.07) is 8.28. The van der Waals surface area contributed by atoms with Gasteiger partial charge >= 0.3 is 0 Å². The van der Waals surface area contributed by atoms with Crippen LogP contribution in [0.2, 0.25) is 0 Å². The molecule has 0 radical (unpaired) electrons. The highest BCUT2D eigenvalue weighted by Crippen LogP contribution is 2.34. The van der Waals surface area contributed by atoms with E-state index in [-0.39, 0.29) is 0 Å². The van der Waals surface area contributed by atoms with Crippen LogP contribution in [0, 0.1) is 22.7 Å². The Morgan fingerprint density at radius 2 is 0.900 bits per heavy atom. The largest absolute Gasteiger partial charge is 0.192 e. The number of thioether (sulfide) groups is 2. The first-order valence-electron chi connectivity index (χ1n) is 12.0. The Hall–Kier alpha value is -1.10. The van der Waals surface area contributed by atoms with E-state index in [9.17, 15) is 10.5 Å². The van der Waals surface area contributed by atoms with Gasteiger partial charge in [-0.15, -0.1) is 23.5 Å². The Labute approximate surface area is 194 Å². The fraction of sp³-hybridized carbons (Fsp3) is 0.692. The van der Waals surface area contributed by atoms with Gasteiger partial charge in [0, 0.05) is 9.79 Å². The van der Waals surface area contributed by atoms with Gasteiger partial charge in [-0.2, -0.15) is 10.5 Å². The molecule has 166 valence electrons. The van der Waals surface area contributed by atoms with Crippen LogP contribution >= 0.6 is 23.5 Å². The zero-order valence-electron chi connectivity index (χ0n) is 19.2. The highest BCUT2D eigenvalue weighted by molar-refractivity contribution is 8.02. The number of hydrogen-bond acceptors (Lipinski definition) is 4. The predicted octanol–water partition coefficient (Wildman–Crippen LogP) is 9.12. The highest BCUT2D eigenvalue weighted by Gasteiger charge is 2.11. The molecule has 0 amide bonds. The fourth-order valence-corrected chi connectivity index (χ4v) is 5.75. The molecule has 0 aromatic heterocycles. The van der Waals surface area contributed by atoms with Gasteiger partial charge in [0.15, 0.2) is 0 Å². The molecule has 0 aliphatic rings. The summed E-state index contributed by atoms with van der Waals surface area (Å²) >= 11 is 3.72. The minimum atomic E-state index is 0.514. The molecule has 0 atom stereocenters. The number of nitriles is 2. The Bertz CT molecular complexity index is 601. The lowest BCUT2D eigenvalue weighted by Crippen LogP contribution is -1.92. The van der Waals surface area contributed by atoms with Gasteiger partial charge in [0.05, 0.1) is 11.1 Å². The van der Waals surface area contributed by atoms with Crippen LogP contribution in [0.5, 0.6) is 0 Å². The third-order valence-corrected chi connectivity index (χ3v) is 7.75. The van der Waals surface area contributed by atoms with Crippen LogP contribution in [0.15, 0.2) is 21.9 Å². The maximum Gasteiger partial charge on any atom is 0.101 e. The first kappa shape index (κ1) is 26.9. The molecule has 2 nitrogen and oxygen atoms in total. The van der Waals surface area contributed by atoms with Crippen molar-refractivity contribution in [3.63, 3.8) is 0 Å². The van der Waals surface area contributed by atoms with Gasteiger partial charge in [0.2, 0.25) is 0 Å². The summed E-state index contributed by atoms with van der Waals surface area (Å²) in [7, 11) is 0. The van der Waals surface area contributed by atoms with Gasteiger partial charge in [0.1, 0.15) is 12.1 Å². The third kappa shape index (κ3) is 11.9. The van der Waals surface area contributed by atoms with E-state index in [4.69, 9.17) is 0 Å². The molecule has 0 saturated carbocycles. The molecule has 0 aliphatic carbocycles. The van der Waals surface area contributed by atoms with Crippen LogP contribution in [0.1, 0.15) is 115 Å². The molecule has 0 aliphatic heterocycles. The number of benzene rings is 1. The van der Waals surface area contributed by atoms with Gasteiger partial charge in [-0.1, -0.05) is 90.9 Å². The molecule has 1 aromatic rings. The van der Waals surface area contributed by atoms with Crippen molar-refractivity contribution in [2.45, 2.75) is 114 Å². The first-order valence-corrected chi connectivity index (χ1v) is 14.0. The topological polar surface area (TPSA) is 47.6 Å². The van der Waals surface area contributed by atoms with E-state index in [2.05, 4.69) is 26.0 Å². The predicted molar refractivity (Wildman–Crippen MR) is 133 cm³/mol. The standard InChI is InChI=1S/C26H40N2S2/c1-3-5-7-9-11-13-15-17-29-25-19-23(21-27)24(22-28)20-26(25)30-18-16-14-12-10-8-6-4-2/h19-20H,3-18H2,1-2H3. The van der Waals surface area contributed by atoms with Gasteiger partial charge < -0.3 is 0 Å². The Morgan fingerprint density at radius 3 is 1.23 bits per heavy atom. The van der Waals surface area contributed by atoms with E-state index in [1.165, 1.54) is 99.7 Å². The summed E-state index contributed by atoms with van der Waals surface area (Å²) in [4.78, 5) is 2.37. The molecular weight excluding hydrogens is 404 g/mol. The van der Waals surface area contributed by atoms with Gasteiger partial charge in [0.25, 0.3) is 0 Å². The molecule has 30 heavy (non-hydrogen) atoms. The second kappa shape index (κ2) is 18.7. The number of rotatable bonds is 18. The molecule has 1 rings (SSSR count). The Balaban J connectivity index is 2.47. The minimum Gasteiger partial charge on any atom is -0.192 e. The number of unbranched alkanes of at least 4 members (excludes halogenated alkanes) is 12. The number of nitrogens with zero attached hydrogens (tertiary/aromatic N) is 2. The third-order valence-electron chi connectivity index (χ3n) is 5.34. The van der Waals surface area contributed by atoms with Crippen molar-refractivity contribution >= 4 is 23.5 Å². The second-order valence-corrected chi connectivity index (χ2v) is 10.3. The van der Waals surface area contributed by atoms with Crippen molar-refractivity contribution in [2.75, 3.05) is 11.5 Å². The lowest BCUT2D eigenvalue weighted by molar-refractivity contribution is 0.603. The zero-order chi connectivity index (χ0) is 21.9. The van der Waals surface area contributed by atoms with Crippen LogP contribution in [0.3, 0.4) is 0 Å². The van der Waals surface area contributed by atoms with E-state index in [0.717, 1.165) is 11.5 Å². The summed E-state index contributed by atoms with van der Waals surface area (Å²) in [6.07, 6.45) is 18.4. The lowest BCUT2D eigenvalue weighted by Gasteiger charge is -2.11. The average molecular weight is 445 g/mol. The SMILES string of the molecule is CCCCCCCCCSc1cc(C#N)c(C#N)cc1SCCCCCCCCC. The average Bonchev–Trinajstić information content (AvgIpc) is 2.77. The maximum absolute atomic E-state index is 9.39. The van der Waals surface area contributed by atoms with Crippen molar-refractivity contribution in [3.05, 3.63) is 23.3 Å². The van der Waals surface area contributed by atoms with Crippen molar-refractivity contribution in [2.24, 2.45) is 0 Å². The van der Waals surface area contributed by atoms with E-state index in [0.29, 0.717) is 11.1 Å². The van der Waals surface area contributed by atoms with Crippen LogP contribution < -0.4 is 0 Å². The van der Waals surface area contributed by atoms with E-state index >= 15 is 0 Å². The molecule has 0 spiro atoms. The summed E-state index contributed by atoms with van der Waals surface area (Å²) in [5, 5.41) is 18.8. The number of hydrogen-bond donors (Lipinski definition) is 0. The molecule has 0 heterocycles. The normalized spacial score (nSPS) is 10.7. The minimum absolute atomic E-state index is 0.514. The first-order chi connectivity index (χ1) is 14.8. The molecule has 0 saturated heterocycles. The maximum atomic E-state index is 9.39. The monoisotopic (exact) mass is 444 g/mol.